The van der Waals surface area contributed by atoms with Crippen LogP contribution in [0.3, 0.4) is 0 Å². The van der Waals surface area contributed by atoms with Crippen molar-refractivity contribution in [3.8, 4) is 5.75 Å². The third-order valence-electron chi connectivity index (χ3n) is 3.02. The Morgan fingerprint density at radius 2 is 2.00 bits per heavy atom. The molecule has 1 aromatic carbocycles. The van der Waals surface area contributed by atoms with Gasteiger partial charge in [-0.2, -0.15) is 21.6 Å². The Morgan fingerprint density at radius 1 is 1.26 bits per heavy atom. The number of carbonyl (C=O) groups excluding carboxylic acids is 1. The molecule has 0 unspecified atom stereocenters. The Kier molecular flexibility index (Phi) is 3.52. The van der Waals surface area contributed by atoms with E-state index >= 15 is 0 Å². The molecule has 0 saturated heterocycles. The van der Waals surface area contributed by atoms with Crippen LogP contribution in [0, 0.1) is 0 Å². The summed E-state index contributed by atoms with van der Waals surface area (Å²) in [6, 6.07) is 4.06. The van der Waals surface area contributed by atoms with Gasteiger partial charge in [-0.1, -0.05) is 0 Å². The molecule has 0 saturated carbocycles. The number of pyridine rings is 1. The number of hydrogen-bond acceptors (Lipinski definition) is 6. The molecule has 3 rings (SSSR count). The minimum atomic E-state index is -5.87. The van der Waals surface area contributed by atoms with Gasteiger partial charge in [0.05, 0.1) is 11.1 Å². The Morgan fingerprint density at radius 3 is 2.65 bits per heavy atom. The number of alkyl halides is 3. The van der Waals surface area contributed by atoms with E-state index in [0.717, 1.165) is 16.2 Å². The molecule has 3 aromatic rings. The van der Waals surface area contributed by atoms with E-state index in [-0.39, 0.29) is 17.4 Å². The molecule has 2 heterocycles. The second kappa shape index (κ2) is 5.17. The molecular formula is C13H6F3NO4S2. The Labute approximate surface area is 131 Å². The average molecular weight is 361 g/mol. The molecule has 0 fully saturated rings. The molecule has 23 heavy (non-hydrogen) atoms. The second-order valence-corrected chi connectivity index (χ2v) is 6.93. The van der Waals surface area contributed by atoms with Crippen LogP contribution in [0.2, 0.25) is 0 Å². The summed E-state index contributed by atoms with van der Waals surface area (Å²) in [7, 11) is -5.87. The highest BCUT2D eigenvalue weighted by Gasteiger charge is 2.48. The van der Waals surface area contributed by atoms with Gasteiger partial charge >= 0.3 is 15.6 Å². The first-order valence-corrected chi connectivity index (χ1v) is 8.27. The predicted molar refractivity (Wildman–Crippen MR) is 78.1 cm³/mol. The van der Waals surface area contributed by atoms with Crippen molar-refractivity contribution in [1.29, 1.82) is 0 Å². The number of rotatable bonds is 3. The fraction of sp³-hybridized carbons (Fsp3) is 0.0769. The quantitative estimate of drug-likeness (QED) is 0.406. The van der Waals surface area contributed by atoms with Crippen LogP contribution in [-0.4, -0.2) is 25.2 Å². The molecule has 2 aromatic heterocycles. The van der Waals surface area contributed by atoms with Gasteiger partial charge in [-0.25, -0.2) is 0 Å². The molecule has 10 heteroatoms. The molecule has 5 nitrogen and oxygen atoms in total. The number of benzene rings is 1. The number of carbonyl (C=O) groups is 1. The number of thiophene rings is 1. The van der Waals surface area contributed by atoms with Crippen LogP contribution in [0.4, 0.5) is 13.2 Å². The van der Waals surface area contributed by atoms with Crippen molar-refractivity contribution < 1.29 is 30.6 Å². The molecule has 0 atom stereocenters. The zero-order chi connectivity index (χ0) is 16.8. The SMILES string of the molecule is O=Cc1cc2c(cc1OS(=O)(=O)C(F)(F)F)ncc1ccsc12. The van der Waals surface area contributed by atoms with Crippen molar-refractivity contribution >= 4 is 48.7 Å². The molecule has 0 radical (unpaired) electrons. The van der Waals surface area contributed by atoms with E-state index < -0.39 is 21.4 Å². The number of aromatic nitrogens is 1. The van der Waals surface area contributed by atoms with E-state index in [0.29, 0.717) is 5.39 Å². The van der Waals surface area contributed by atoms with Gasteiger partial charge in [0.15, 0.2) is 12.0 Å². The maximum absolute atomic E-state index is 12.4. The van der Waals surface area contributed by atoms with Gasteiger partial charge in [-0.15, -0.1) is 11.3 Å². The van der Waals surface area contributed by atoms with Crippen LogP contribution in [0.15, 0.2) is 29.8 Å². The number of nitrogens with zero attached hydrogens (tertiary/aromatic N) is 1. The first-order chi connectivity index (χ1) is 10.7. The van der Waals surface area contributed by atoms with E-state index in [1.54, 1.807) is 11.4 Å². The van der Waals surface area contributed by atoms with Gasteiger partial charge in [-0.3, -0.25) is 9.78 Å². The summed E-state index contributed by atoms with van der Waals surface area (Å²) in [5, 5.41) is 3.12. The third kappa shape index (κ3) is 2.63. The van der Waals surface area contributed by atoms with Gasteiger partial charge in [-0.05, 0) is 17.5 Å². The van der Waals surface area contributed by atoms with Crippen molar-refractivity contribution in [2.45, 2.75) is 5.51 Å². The van der Waals surface area contributed by atoms with E-state index in [1.165, 1.54) is 23.6 Å². The lowest BCUT2D eigenvalue weighted by atomic mass is 10.1. The van der Waals surface area contributed by atoms with E-state index in [1.807, 2.05) is 0 Å². The molecular weight excluding hydrogens is 355 g/mol. The van der Waals surface area contributed by atoms with Gasteiger partial charge in [0.25, 0.3) is 0 Å². The summed E-state index contributed by atoms with van der Waals surface area (Å²) >= 11 is 1.36. The summed E-state index contributed by atoms with van der Waals surface area (Å²) in [5.41, 5.74) is -5.68. The largest absolute Gasteiger partial charge is 0.534 e. The van der Waals surface area contributed by atoms with Crippen LogP contribution in [0.25, 0.3) is 21.0 Å². The average Bonchev–Trinajstić information content (AvgIpc) is 2.93. The Bertz CT molecular complexity index is 1020. The fourth-order valence-corrected chi connectivity index (χ4v) is 3.36. The highest BCUT2D eigenvalue weighted by atomic mass is 32.2. The number of hydrogen-bond donors (Lipinski definition) is 0. The number of halogens is 3. The standard InChI is InChI=1S/C13H6F3NO4S2/c14-13(15,16)23(19,20)21-11-4-10-9(3-8(11)6-18)12-7(5-17-10)1-2-22-12/h1-6H. The number of aldehydes is 1. The smallest absolute Gasteiger partial charge is 0.375 e. The van der Waals surface area contributed by atoms with Crippen LogP contribution in [0.1, 0.15) is 10.4 Å². The minimum absolute atomic E-state index is 0.220. The molecule has 0 aliphatic heterocycles. The van der Waals surface area contributed by atoms with Gasteiger partial charge in [0.2, 0.25) is 0 Å². The normalized spacial score (nSPS) is 12.7. The van der Waals surface area contributed by atoms with Gasteiger partial charge in [0, 0.05) is 27.7 Å². The maximum atomic E-state index is 12.4. The second-order valence-electron chi connectivity index (χ2n) is 4.47. The van der Waals surface area contributed by atoms with Crippen molar-refractivity contribution in [2.75, 3.05) is 0 Å². The number of fused-ring (bicyclic) bond motifs is 3. The van der Waals surface area contributed by atoms with Gasteiger partial charge < -0.3 is 4.18 Å². The zero-order valence-corrected chi connectivity index (χ0v) is 12.6. The molecule has 0 N–H and O–H groups in total. The van der Waals surface area contributed by atoms with Crippen molar-refractivity contribution in [2.24, 2.45) is 0 Å². The Hall–Kier alpha value is -2.20. The predicted octanol–water partition coefficient (Wildman–Crippen LogP) is 3.49. The highest BCUT2D eigenvalue weighted by molar-refractivity contribution is 7.88. The molecule has 0 aliphatic carbocycles. The first-order valence-electron chi connectivity index (χ1n) is 5.99. The molecule has 120 valence electrons. The summed E-state index contributed by atoms with van der Waals surface area (Å²) < 4.78 is 64.3. The third-order valence-corrected chi connectivity index (χ3v) is 4.95. The fourth-order valence-electron chi connectivity index (χ4n) is 1.98. The molecule has 0 bridgehead atoms. The maximum Gasteiger partial charge on any atom is 0.534 e. The van der Waals surface area contributed by atoms with E-state index in [2.05, 4.69) is 9.17 Å². The molecule has 0 spiro atoms. The van der Waals surface area contributed by atoms with Crippen LogP contribution >= 0.6 is 11.3 Å². The Balaban J connectivity index is 2.22. The summed E-state index contributed by atoms with van der Waals surface area (Å²) in [6.07, 6.45) is 1.73. The molecule has 0 aliphatic rings. The summed E-state index contributed by atoms with van der Waals surface area (Å²) in [5.74, 6) is -0.715. The van der Waals surface area contributed by atoms with Gasteiger partial charge in [0.1, 0.15) is 0 Å². The van der Waals surface area contributed by atoms with Crippen molar-refractivity contribution in [3.05, 3.63) is 35.3 Å². The zero-order valence-electron chi connectivity index (χ0n) is 11.0. The van der Waals surface area contributed by atoms with Crippen molar-refractivity contribution in [1.82, 2.24) is 4.98 Å². The van der Waals surface area contributed by atoms with Crippen LogP contribution < -0.4 is 4.18 Å². The van der Waals surface area contributed by atoms with Crippen molar-refractivity contribution in [3.63, 3.8) is 0 Å². The minimum Gasteiger partial charge on any atom is -0.375 e. The monoisotopic (exact) mass is 361 g/mol. The summed E-state index contributed by atoms with van der Waals surface area (Å²) in [4.78, 5) is 15.2. The van der Waals surface area contributed by atoms with Crippen LogP contribution in [0.5, 0.6) is 5.75 Å². The lowest BCUT2D eigenvalue weighted by molar-refractivity contribution is -0.0500. The van der Waals surface area contributed by atoms with E-state index in [4.69, 9.17) is 0 Å². The van der Waals surface area contributed by atoms with E-state index in [9.17, 15) is 26.4 Å². The first kappa shape index (κ1) is 15.7. The lowest BCUT2D eigenvalue weighted by Crippen LogP contribution is -2.28. The highest BCUT2D eigenvalue weighted by Crippen LogP contribution is 2.34. The van der Waals surface area contributed by atoms with Crippen LogP contribution in [-0.2, 0) is 10.1 Å². The lowest BCUT2D eigenvalue weighted by Gasteiger charge is -2.11. The molecule has 0 amide bonds. The topological polar surface area (TPSA) is 73.3 Å². The summed E-state index contributed by atoms with van der Waals surface area (Å²) in [6.45, 7) is 0.